The number of carbonyl (C=O) groups excluding carboxylic acids is 1. The largest absolute Gasteiger partial charge is 0.488 e. The molecule has 6 rings (SSSR count). The Morgan fingerprint density at radius 2 is 1.40 bits per heavy atom. The summed E-state index contributed by atoms with van der Waals surface area (Å²) in [6.07, 6.45) is 0. The summed E-state index contributed by atoms with van der Waals surface area (Å²) in [5.74, 6) is 0.967. The highest BCUT2D eigenvalue weighted by atomic mass is 16.5. The maximum Gasteiger partial charge on any atom is 0.200 e. The number of aromatic nitrogens is 2. The second-order valence-corrected chi connectivity index (χ2v) is 11.6. The Labute approximate surface area is 276 Å². The van der Waals surface area contributed by atoms with Crippen molar-refractivity contribution in [2.24, 2.45) is 0 Å². The molecule has 0 saturated carbocycles. The number of ketones is 1. The molecule has 0 bridgehead atoms. The molecule has 4 aromatic carbocycles. The quantitative estimate of drug-likeness (QED) is 0.109. The van der Waals surface area contributed by atoms with Crippen LogP contribution in [0.25, 0.3) is 22.2 Å². The first-order valence-electron chi connectivity index (χ1n) is 16.5. The first-order chi connectivity index (χ1) is 23.1. The number of hydrogen-bond acceptors (Lipinski definition) is 8. The average molecular weight is 634 g/mol. The van der Waals surface area contributed by atoms with E-state index in [0.717, 1.165) is 53.0 Å². The Bertz CT molecular complexity index is 1800. The summed E-state index contributed by atoms with van der Waals surface area (Å²) >= 11 is 0. The van der Waals surface area contributed by atoms with Crippen molar-refractivity contribution in [3.8, 4) is 22.8 Å². The minimum Gasteiger partial charge on any atom is -0.488 e. The van der Waals surface area contributed by atoms with Gasteiger partial charge in [-0.1, -0.05) is 74.5 Å². The van der Waals surface area contributed by atoms with E-state index < -0.39 is 0 Å². The maximum absolute atomic E-state index is 14.8. The molecule has 47 heavy (non-hydrogen) atoms. The Morgan fingerprint density at radius 1 is 0.766 bits per heavy atom. The fourth-order valence-corrected chi connectivity index (χ4v) is 6.13. The lowest BCUT2D eigenvalue weighted by Gasteiger charge is -2.23. The van der Waals surface area contributed by atoms with E-state index in [1.54, 1.807) is 0 Å². The average Bonchev–Trinajstić information content (AvgIpc) is 3.48. The molecule has 1 aromatic heterocycles. The number of rotatable bonds is 17. The smallest absolute Gasteiger partial charge is 0.200 e. The highest BCUT2D eigenvalue weighted by Gasteiger charge is 2.36. The molecule has 0 saturated heterocycles. The number of nitrogens with one attached hydrogen (secondary N) is 2. The standard InChI is InChI=1S/C38H43N5O4/c1-3-42(4-2)22-23-43-30-16-15-29(40-20-19-39-21-24-44)33-34(30)37(41-43)35-31(46-25-27-11-7-5-8-12-27)17-18-32(36(35)38(33)45)47-26-28-13-9-6-10-14-28/h5-18,39-40,44H,3-4,19-26H2,1-2H3. The van der Waals surface area contributed by atoms with Crippen molar-refractivity contribution in [1.82, 2.24) is 20.0 Å². The van der Waals surface area contributed by atoms with E-state index in [1.807, 2.05) is 83.5 Å². The second kappa shape index (κ2) is 15.3. The van der Waals surface area contributed by atoms with Gasteiger partial charge in [0.05, 0.1) is 35.4 Å². The number of fused-ring (bicyclic) bond motifs is 2. The molecular weight excluding hydrogens is 590 g/mol. The van der Waals surface area contributed by atoms with Crippen molar-refractivity contribution >= 4 is 22.4 Å². The van der Waals surface area contributed by atoms with Gasteiger partial charge < -0.3 is 30.1 Å². The molecule has 5 aromatic rings. The molecule has 0 aliphatic heterocycles. The predicted molar refractivity (Wildman–Crippen MR) is 186 cm³/mol. The summed E-state index contributed by atoms with van der Waals surface area (Å²) in [6.45, 7) is 10.2. The number of aliphatic hydroxyl groups excluding tert-OH is 1. The SMILES string of the molecule is CCN(CC)CCn1nc2c3c(c(NCCNCCO)ccc31)C(=O)c1c(OCc3ccccc3)ccc(OCc3ccccc3)c1-2. The van der Waals surface area contributed by atoms with E-state index in [2.05, 4.69) is 35.4 Å². The van der Waals surface area contributed by atoms with Gasteiger partial charge >= 0.3 is 0 Å². The highest BCUT2D eigenvalue weighted by Crippen LogP contribution is 2.49. The Morgan fingerprint density at radius 3 is 2.02 bits per heavy atom. The number of likely N-dealkylation sites (N-methyl/N-ethyl adjacent to an activating group) is 1. The van der Waals surface area contributed by atoms with Gasteiger partial charge in [0.25, 0.3) is 0 Å². The van der Waals surface area contributed by atoms with Gasteiger partial charge in [-0.25, -0.2) is 0 Å². The summed E-state index contributed by atoms with van der Waals surface area (Å²) in [7, 11) is 0. The molecule has 1 heterocycles. The molecule has 9 heteroatoms. The van der Waals surface area contributed by atoms with Gasteiger partial charge in [-0.3, -0.25) is 9.48 Å². The molecule has 1 aliphatic rings. The van der Waals surface area contributed by atoms with Crippen LogP contribution in [-0.4, -0.2) is 71.4 Å². The zero-order valence-corrected chi connectivity index (χ0v) is 27.2. The molecule has 9 nitrogen and oxygen atoms in total. The molecule has 0 fully saturated rings. The second-order valence-electron chi connectivity index (χ2n) is 11.6. The van der Waals surface area contributed by atoms with Gasteiger partial charge in [-0.2, -0.15) is 5.10 Å². The van der Waals surface area contributed by atoms with E-state index in [-0.39, 0.29) is 12.4 Å². The van der Waals surface area contributed by atoms with Crippen LogP contribution in [0.4, 0.5) is 5.69 Å². The number of carbonyl (C=O) groups is 1. The summed E-state index contributed by atoms with van der Waals surface area (Å²) in [5.41, 5.74) is 6.13. The number of aliphatic hydroxyl groups is 1. The topological polar surface area (TPSA) is 101 Å². The van der Waals surface area contributed by atoms with Crippen LogP contribution in [0.15, 0.2) is 84.9 Å². The van der Waals surface area contributed by atoms with Crippen molar-refractivity contribution in [3.63, 3.8) is 0 Å². The zero-order chi connectivity index (χ0) is 32.6. The summed E-state index contributed by atoms with van der Waals surface area (Å²) < 4.78 is 14.9. The van der Waals surface area contributed by atoms with Crippen LogP contribution in [0.3, 0.4) is 0 Å². The van der Waals surface area contributed by atoms with E-state index >= 15 is 0 Å². The van der Waals surface area contributed by atoms with Gasteiger partial charge in [-0.05, 0) is 48.5 Å². The third kappa shape index (κ3) is 7.02. The van der Waals surface area contributed by atoms with Gasteiger partial charge in [0.1, 0.15) is 30.4 Å². The van der Waals surface area contributed by atoms with E-state index in [9.17, 15) is 4.79 Å². The fraction of sp³-hybridized carbons (Fsp3) is 0.316. The van der Waals surface area contributed by atoms with Crippen LogP contribution < -0.4 is 20.1 Å². The van der Waals surface area contributed by atoms with E-state index in [4.69, 9.17) is 19.7 Å². The Balaban J connectivity index is 1.47. The molecule has 0 unspecified atom stereocenters. The Hall–Kier alpha value is -4.70. The van der Waals surface area contributed by atoms with Gasteiger partial charge in [-0.15, -0.1) is 0 Å². The third-order valence-electron chi connectivity index (χ3n) is 8.64. The summed E-state index contributed by atoms with van der Waals surface area (Å²) in [6, 6.07) is 27.7. The minimum absolute atomic E-state index is 0.0724. The van der Waals surface area contributed by atoms with Crippen LogP contribution in [0, 0.1) is 0 Å². The van der Waals surface area contributed by atoms with Crippen LogP contribution in [0.2, 0.25) is 0 Å². The van der Waals surface area contributed by atoms with Crippen LogP contribution in [0.1, 0.15) is 40.9 Å². The molecule has 0 atom stereocenters. The number of anilines is 1. The van der Waals surface area contributed by atoms with Crippen molar-refractivity contribution in [3.05, 3.63) is 107 Å². The molecular formula is C38H43N5O4. The van der Waals surface area contributed by atoms with E-state index in [0.29, 0.717) is 67.6 Å². The lowest BCUT2D eigenvalue weighted by atomic mass is 9.85. The highest BCUT2D eigenvalue weighted by molar-refractivity contribution is 6.29. The molecule has 0 amide bonds. The molecule has 0 radical (unpaired) electrons. The van der Waals surface area contributed by atoms with Gasteiger partial charge in [0.15, 0.2) is 5.78 Å². The fourth-order valence-electron chi connectivity index (χ4n) is 6.13. The molecule has 1 aliphatic carbocycles. The zero-order valence-electron chi connectivity index (χ0n) is 27.2. The summed E-state index contributed by atoms with van der Waals surface area (Å²) in [4.78, 5) is 17.2. The van der Waals surface area contributed by atoms with Crippen molar-refractivity contribution < 1.29 is 19.4 Å². The van der Waals surface area contributed by atoms with Crippen LogP contribution in [-0.2, 0) is 19.8 Å². The number of hydrogen-bond donors (Lipinski definition) is 3. The van der Waals surface area contributed by atoms with Crippen molar-refractivity contribution in [2.45, 2.75) is 33.6 Å². The summed E-state index contributed by atoms with van der Waals surface area (Å²) in [5, 5.41) is 21.9. The monoisotopic (exact) mass is 633 g/mol. The molecule has 244 valence electrons. The predicted octanol–water partition coefficient (Wildman–Crippen LogP) is 5.74. The lowest BCUT2D eigenvalue weighted by Crippen LogP contribution is -2.27. The van der Waals surface area contributed by atoms with Crippen molar-refractivity contribution in [2.75, 3.05) is 51.2 Å². The van der Waals surface area contributed by atoms with Crippen molar-refractivity contribution in [1.29, 1.82) is 0 Å². The number of ether oxygens (including phenoxy) is 2. The first-order valence-corrected chi connectivity index (χ1v) is 16.5. The molecule has 0 spiro atoms. The lowest BCUT2D eigenvalue weighted by molar-refractivity contribution is 0.103. The maximum atomic E-state index is 14.8. The van der Waals surface area contributed by atoms with Crippen LogP contribution in [0.5, 0.6) is 11.5 Å². The first kappa shape index (κ1) is 32.2. The normalized spacial score (nSPS) is 12.0. The number of nitrogens with zero attached hydrogens (tertiary/aromatic N) is 3. The van der Waals surface area contributed by atoms with Gasteiger partial charge in [0.2, 0.25) is 0 Å². The van der Waals surface area contributed by atoms with Gasteiger partial charge in [0, 0.05) is 37.3 Å². The molecule has 3 N–H and O–H groups in total. The minimum atomic E-state index is -0.125. The van der Waals surface area contributed by atoms with E-state index in [1.165, 1.54) is 0 Å². The Kier molecular flexibility index (Phi) is 10.5. The third-order valence-corrected chi connectivity index (χ3v) is 8.64. The van der Waals surface area contributed by atoms with Crippen LogP contribution >= 0.6 is 0 Å². The number of benzene rings is 4.